The maximum Gasteiger partial charge on any atom is 0.262 e. The molecule has 214 valence electrons. The molecule has 8 heteroatoms. The summed E-state index contributed by atoms with van der Waals surface area (Å²) in [5.74, 6) is 1.47. The molecule has 0 aliphatic heterocycles. The first kappa shape index (κ1) is 30.0. The minimum Gasteiger partial charge on any atom is -0.493 e. The SMILES string of the molecule is CCOc1cc(COc2c(Cl)cc(/C=C(\C#N)C(=O)NCc3ccccc3)cc2OC)ccc1OCc1ccccc1. The Balaban J connectivity index is 1.45. The molecule has 0 unspecified atom stereocenters. The van der Waals surface area contributed by atoms with Crippen molar-refractivity contribution in [3.63, 3.8) is 0 Å². The van der Waals surface area contributed by atoms with Gasteiger partial charge in [-0.15, -0.1) is 0 Å². The molecular weight excluding hydrogens is 552 g/mol. The van der Waals surface area contributed by atoms with E-state index < -0.39 is 5.91 Å². The standard InChI is InChI=1S/C34H31ClN2O5/c1-3-40-31-18-26(14-15-30(31)41-22-25-12-8-5-9-13-25)23-42-33-29(35)17-27(19-32(33)39-2)16-28(20-36)34(38)37-21-24-10-6-4-7-11-24/h4-19H,3,21-23H2,1-2H3,(H,37,38)/b28-16+. The Kier molecular flexibility index (Phi) is 10.9. The normalized spacial score (nSPS) is 10.9. The van der Waals surface area contributed by atoms with E-state index in [9.17, 15) is 10.1 Å². The van der Waals surface area contributed by atoms with Crippen molar-refractivity contribution >= 4 is 23.6 Å². The van der Waals surface area contributed by atoms with Gasteiger partial charge in [0.2, 0.25) is 0 Å². The second-order valence-electron chi connectivity index (χ2n) is 9.15. The smallest absolute Gasteiger partial charge is 0.262 e. The number of nitrogens with one attached hydrogen (secondary N) is 1. The van der Waals surface area contributed by atoms with Crippen molar-refractivity contribution in [3.8, 4) is 29.1 Å². The van der Waals surface area contributed by atoms with Gasteiger partial charge in [0.25, 0.3) is 5.91 Å². The van der Waals surface area contributed by atoms with Gasteiger partial charge in [0.1, 0.15) is 24.9 Å². The van der Waals surface area contributed by atoms with Crippen LogP contribution in [0, 0.1) is 11.3 Å². The third kappa shape index (κ3) is 8.29. The number of benzene rings is 4. The summed E-state index contributed by atoms with van der Waals surface area (Å²) >= 11 is 6.57. The van der Waals surface area contributed by atoms with Gasteiger partial charge in [-0.2, -0.15) is 5.26 Å². The number of nitrogens with zero attached hydrogens (tertiary/aromatic N) is 1. The van der Waals surface area contributed by atoms with E-state index in [4.69, 9.17) is 30.5 Å². The highest BCUT2D eigenvalue weighted by molar-refractivity contribution is 6.32. The lowest BCUT2D eigenvalue weighted by Gasteiger charge is -2.16. The molecule has 4 aromatic carbocycles. The van der Waals surface area contributed by atoms with E-state index in [1.54, 1.807) is 12.1 Å². The van der Waals surface area contributed by atoms with Crippen LogP contribution in [0.4, 0.5) is 0 Å². The van der Waals surface area contributed by atoms with Crippen LogP contribution in [0.15, 0.2) is 96.6 Å². The Morgan fingerprint density at radius 2 is 1.52 bits per heavy atom. The summed E-state index contributed by atoms with van der Waals surface area (Å²) in [4.78, 5) is 12.6. The van der Waals surface area contributed by atoms with Gasteiger partial charge in [0.15, 0.2) is 23.0 Å². The second-order valence-corrected chi connectivity index (χ2v) is 9.56. The van der Waals surface area contributed by atoms with Gasteiger partial charge in [0, 0.05) is 6.54 Å². The number of carbonyl (C=O) groups excluding carboxylic acids is 1. The maximum absolute atomic E-state index is 12.6. The fraction of sp³-hybridized carbons (Fsp3) is 0.176. The van der Waals surface area contributed by atoms with Gasteiger partial charge in [-0.25, -0.2) is 0 Å². The molecule has 0 aliphatic carbocycles. The lowest BCUT2D eigenvalue weighted by atomic mass is 10.1. The molecule has 42 heavy (non-hydrogen) atoms. The lowest BCUT2D eigenvalue weighted by Crippen LogP contribution is -2.23. The van der Waals surface area contributed by atoms with E-state index in [0.717, 1.165) is 16.7 Å². The summed E-state index contributed by atoms with van der Waals surface area (Å²) in [6, 6.07) is 30.2. The van der Waals surface area contributed by atoms with Gasteiger partial charge in [-0.05, 0) is 59.5 Å². The van der Waals surface area contributed by atoms with Crippen molar-refractivity contribution in [2.24, 2.45) is 0 Å². The fourth-order valence-electron chi connectivity index (χ4n) is 4.07. The molecule has 0 fully saturated rings. The summed E-state index contributed by atoms with van der Waals surface area (Å²) in [6.07, 6.45) is 1.46. The Bertz CT molecular complexity index is 1570. The average molecular weight is 583 g/mol. The zero-order valence-corrected chi connectivity index (χ0v) is 24.2. The largest absolute Gasteiger partial charge is 0.493 e. The van der Waals surface area contributed by atoms with Crippen molar-refractivity contribution in [1.82, 2.24) is 5.32 Å². The van der Waals surface area contributed by atoms with Crippen LogP contribution in [0.3, 0.4) is 0 Å². The van der Waals surface area contributed by atoms with Crippen molar-refractivity contribution in [3.05, 3.63) is 124 Å². The summed E-state index contributed by atoms with van der Waals surface area (Å²) < 4.78 is 23.4. The number of carbonyl (C=O) groups is 1. The highest BCUT2D eigenvalue weighted by Gasteiger charge is 2.15. The van der Waals surface area contributed by atoms with E-state index in [1.807, 2.05) is 91.9 Å². The maximum atomic E-state index is 12.6. The Morgan fingerprint density at radius 3 is 2.19 bits per heavy atom. The molecule has 1 amide bonds. The number of hydrogen-bond donors (Lipinski definition) is 1. The predicted octanol–water partition coefficient (Wildman–Crippen LogP) is 7.13. The molecule has 7 nitrogen and oxygen atoms in total. The summed E-state index contributed by atoms with van der Waals surface area (Å²) in [5, 5.41) is 12.6. The van der Waals surface area contributed by atoms with Crippen molar-refractivity contribution < 1.29 is 23.7 Å². The third-order valence-electron chi connectivity index (χ3n) is 6.15. The average Bonchev–Trinajstić information content (AvgIpc) is 3.02. The molecule has 0 radical (unpaired) electrons. The predicted molar refractivity (Wildman–Crippen MR) is 163 cm³/mol. The molecule has 0 bridgehead atoms. The van der Waals surface area contributed by atoms with Crippen LogP contribution >= 0.6 is 11.6 Å². The molecule has 0 spiro atoms. The zero-order valence-electron chi connectivity index (χ0n) is 23.4. The molecule has 0 aliphatic rings. The third-order valence-corrected chi connectivity index (χ3v) is 6.43. The number of methoxy groups -OCH3 is 1. The van der Waals surface area contributed by atoms with Gasteiger partial charge >= 0.3 is 0 Å². The molecular formula is C34H31ClN2O5. The first-order chi connectivity index (χ1) is 20.5. The lowest BCUT2D eigenvalue weighted by molar-refractivity contribution is -0.117. The van der Waals surface area contributed by atoms with Crippen molar-refractivity contribution in [2.75, 3.05) is 13.7 Å². The quantitative estimate of drug-likeness (QED) is 0.133. The highest BCUT2D eigenvalue weighted by atomic mass is 35.5. The van der Waals surface area contributed by atoms with E-state index >= 15 is 0 Å². The molecule has 0 aromatic heterocycles. The Labute approximate surface area is 250 Å². The molecule has 1 N–H and O–H groups in total. The molecule has 0 saturated carbocycles. The van der Waals surface area contributed by atoms with E-state index in [0.29, 0.717) is 48.3 Å². The number of rotatable bonds is 13. The van der Waals surface area contributed by atoms with Crippen LogP contribution in [0.1, 0.15) is 29.2 Å². The van der Waals surface area contributed by atoms with Gasteiger partial charge < -0.3 is 24.3 Å². The van der Waals surface area contributed by atoms with E-state index in [-0.39, 0.29) is 17.2 Å². The molecule has 0 heterocycles. The van der Waals surface area contributed by atoms with E-state index in [1.165, 1.54) is 13.2 Å². The van der Waals surface area contributed by atoms with Crippen LogP contribution in [0.2, 0.25) is 5.02 Å². The molecule has 4 rings (SSSR count). The second kappa shape index (κ2) is 15.2. The number of nitriles is 1. The van der Waals surface area contributed by atoms with Crippen LogP contribution in [-0.4, -0.2) is 19.6 Å². The Morgan fingerprint density at radius 1 is 0.833 bits per heavy atom. The number of halogens is 1. The highest BCUT2D eigenvalue weighted by Crippen LogP contribution is 2.38. The minimum atomic E-state index is -0.488. The number of ether oxygens (including phenoxy) is 4. The minimum absolute atomic E-state index is 0.0595. The topological polar surface area (TPSA) is 89.8 Å². The van der Waals surface area contributed by atoms with Crippen LogP contribution < -0.4 is 24.3 Å². The summed E-state index contributed by atoms with van der Waals surface area (Å²) in [6.45, 7) is 3.31. The van der Waals surface area contributed by atoms with Gasteiger partial charge in [0.05, 0.1) is 18.7 Å². The van der Waals surface area contributed by atoms with Crippen LogP contribution in [-0.2, 0) is 24.6 Å². The molecule has 0 saturated heterocycles. The molecule has 0 atom stereocenters. The zero-order chi connectivity index (χ0) is 29.7. The summed E-state index contributed by atoms with van der Waals surface area (Å²) in [7, 11) is 1.50. The van der Waals surface area contributed by atoms with Crippen LogP contribution in [0.25, 0.3) is 6.08 Å². The monoisotopic (exact) mass is 582 g/mol. The fourth-order valence-corrected chi connectivity index (χ4v) is 4.35. The summed E-state index contributed by atoms with van der Waals surface area (Å²) in [5.41, 5.74) is 3.29. The first-order valence-corrected chi connectivity index (χ1v) is 13.7. The first-order valence-electron chi connectivity index (χ1n) is 13.4. The van der Waals surface area contributed by atoms with Crippen molar-refractivity contribution in [1.29, 1.82) is 5.26 Å². The Hall–Kier alpha value is -4.93. The number of amides is 1. The van der Waals surface area contributed by atoms with Gasteiger partial charge in [-0.1, -0.05) is 78.3 Å². The van der Waals surface area contributed by atoms with Gasteiger partial charge in [-0.3, -0.25) is 4.79 Å². The van der Waals surface area contributed by atoms with E-state index in [2.05, 4.69) is 5.32 Å². The van der Waals surface area contributed by atoms with Crippen molar-refractivity contribution in [2.45, 2.75) is 26.7 Å². The van der Waals surface area contributed by atoms with Crippen LogP contribution in [0.5, 0.6) is 23.0 Å². The molecule has 4 aromatic rings. The number of hydrogen-bond acceptors (Lipinski definition) is 6.